The van der Waals surface area contributed by atoms with Crippen LogP contribution >= 0.6 is 0 Å². The van der Waals surface area contributed by atoms with E-state index in [2.05, 4.69) is 10.8 Å². The molecule has 0 saturated carbocycles. The first kappa shape index (κ1) is 34.0. The third-order valence-corrected chi connectivity index (χ3v) is 5.27. The van der Waals surface area contributed by atoms with Crippen molar-refractivity contribution >= 4 is 16.6 Å². The molecular formula is C25H35F3O8S. The van der Waals surface area contributed by atoms with Gasteiger partial charge in [-0.05, 0) is 38.3 Å². The van der Waals surface area contributed by atoms with E-state index in [1.54, 1.807) is 13.8 Å². The summed E-state index contributed by atoms with van der Waals surface area (Å²) in [5, 5.41) is 10.5. The third-order valence-electron chi connectivity index (χ3n) is 4.29. The zero-order valence-corrected chi connectivity index (χ0v) is 22.8. The molecule has 0 aliphatic carbocycles. The molecule has 12 heteroatoms. The first-order valence-corrected chi connectivity index (χ1v) is 12.7. The highest BCUT2D eigenvalue weighted by molar-refractivity contribution is 7.87. The predicted molar refractivity (Wildman–Crippen MR) is 133 cm³/mol. The lowest BCUT2D eigenvalue weighted by Crippen LogP contribution is -2.26. The lowest BCUT2D eigenvalue weighted by atomic mass is 9.99. The molecule has 0 amide bonds. The van der Waals surface area contributed by atoms with E-state index in [1.807, 2.05) is 27.7 Å². The number of benzene rings is 1. The predicted octanol–water partition coefficient (Wildman–Crippen LogP) is 5.95. The van der Waals surface area contributed by atoms with Crippen molar-refractivity contribution in [2.24, 2.45) is 5.92 Å². The Morgan fingerprint density at radius 3 is 2.24 bits per heavy atom. The van der Waals surface area contributed by atoms with Gasteiger partial charge in [0, 0.05) is 17.2 Å². The van der Waals surface area contributed by atoms with Crippen LogP contribution in [0.3, 0.4) is 0 Å². The van der Waals surface area contributed by atoms with E-state index in [0.717, 1.165) is 0 Å². The molecular weight excluding hydrogens is 517 g/mol. The molecule has 0 spiro atoms. The first-order valence-electron chi connectivity index (χ1n) is 11.3. The van der Waals surface area contributed by atoms with E-state index >= 15 is 0 Å². The van der Waals surface area contributed by atoms with E-state index in [9.17, 15) is 31.5 Å². The quantitative estimate of drug-likeness (QED) is 0.105. The number of halogens is 3. The van der Waals surface area contributed by atoms with Crippen LogP contribution in [0.15, 0.2) is 53.5 Å². The van der Waals surface area contributed by atoms with Crippen molar-refractivity contribution in [2.45, 2.75) is 59.6 Å². The molecule has 0 bridgehead atoms. The number of aliphatic hydroxyl groups is 1. The number of hydrogen-bond acceptors (Lipinski definition) is 8. The van der Waals surface area contributed by atoms with Gasteiger partial charge in [0.25, 0.3) is 6.47 Å². The molecule has 8 nitrogen and oxygen atoms in total. The summed E-state index contributed by atoms with van der Waals surface area (Å²) in [4.78, 5) is 10.7. The number of aliphatic hydroxyl groups excluding tert-OH is 1. The van der Waals surface area contributed by atoms with Gasteiger partial charge in [-0.25, -0.2) is 0 Å². The summed E-state index contributed by atoms with van der Waals surface area (Å²) in [6.07, 6.45) is 0.979. The Labute approximate surface area is 216 Å². The van der Waals surface area contributed by atoms with Gasteiger partial charge in [-0.15, -0.1) is 0 Å². The Balaban J connectivity index is 0.00000631. The van der Waals surface area contributed by atoms with Crippen LogP contribution in [0.2, 0.25) is 0 Å². The van der Waals surface area contributed by atoms with Crippen molar-refractivity contribution < 1.29 is 49.9 Å². The molecule has 0 saturated heterocycles. The Morgan fingerprint density at radius 2 is 1.78 bits per heavy atom. The van der Waals surface area contributed by atoms with E-state index in [1.165, 1.54) is 31.4 Å². The van der Waals surface area contributed by atoms with Gasteiger partial charge in [-0.2, -0.15) is 21.6 Å². The molecule has 210 valence electrons. The van der Waals surface area contributed by atoms with Crippen LogP contribution in [0.4, 0.5) is 13.2 Å². The fourth-order valence-corrected chi connectivity index (χ4v) is 3.32. The maximum absolute atomic E-state index is 12.9. The molecule has 1 unspecified atom stereocenters. The summed E-state index contributed by atoms with van der Waals surface area (Å²) in [5.41, 5.74) is -4.68. The fraction of sp³-hybridized carbons (Fsp3) is 0.480. The monoisotopic (exact) mass is 552 g/mol. The molecule has 0 heterocycles. The molecule has 1 aromatic rings. The number of allylic oxidation sites excluding steroid dienone is 1. The summed E-state index contributed by atoms with van der Waals surface area (Å²) in [7, 11) is -4.71. The molecule has 1 N–H and O–H groups in total. The van der Waals surface area contributed by atoms with Crippen LogP contribution in [-0.4, -0.2) is 39.2 Å². The SMILES string of the molecule is C=C(OS(=O)(=O)C(F)(F)F)/C(Oc1ccc(C(O)CC(C)C)c(OC)c1)=C(\C=C(C)C)COC=O.CC. The highest BCUT2D eigenvalue weighted by Gasteiger charge is 2.49. The highest BCUT2D eigenvalue weighted by Crippen LogP contribution is 2.35. The number of alkyl halides is 3. The average molecular weight is 553 g/mol. The zero-order chi connectivity index (χ0) is 29.0. The van der Waals surface area contributed by atoms with E-state index in [-0.39, 0.29) is 29.5 Å². The Hall–Kier alpha value is -2.99. The largest absolute Gasteiger partial charge is 0.534 e. The maximum atomic E-state index is 12.9. The Kier molecular flexibility index (Phi) is 14.1. The molecule has 37 heavy (non-hydrogen) atoms. The number of methoxy groups -OCH3 is 1. The van der Waals surface area contributed by atoms with Crippen LogP contribution in [0.25, 0.3) is 0 Å². The zero-order valence-electron chi connectivity index (χ0n) is 22.0. The van der Waals surface area contributed by atoms with Gasteiger partial charge in [0.15, 0.2) is 11.5 Å². The van der Waals surface area contributed by atoms with Crippen LogP contribution in [-0.2, 0) is 23.8 Å². The van der Waals surface area contributed by atoms with Crippen LogP contribution in [0.1, 0.15) is 59.6 Å². The van der Waals surface area contributed by atoms with Crippen molar-refractivity contribution in [1.82, 2.24) is 0 Å². The third kappa shape index (κ3) is 10.9. The normalized spacial score (nSPS) is 12.9. The number of carbonyl (C=O) groups is 1. The standard InChI is InChI=1S/C23H29F3O8S.C2H6/c1-14(2)9-17(12-32-13-27)22(16(5)34-35(29,30)23(24,25)26)33-18-7-8-19(21(11-18)31-6)20(28)10-15(3)4;1-2/h7-9,11,13,15,20,28H,5,10,12H2,1-4,6H3;1-2H3/b22-17-;. The van der Waals surface area contributed by atoms with E-state index in [4.69, 9.17) is 14.2 Å². The molecule has 0 aliphatic heterocycles. The Morgan fingerprint density at radius 1 is 1.19 bits per heavy atom. The van der Waals surface area contributed by atoms with Gasteiger partial charge in [0.2, 0.25) is 0 Å². The number of ether oxygens (including phenoxy) is 3. The van der Waals surface area contributed by atoms with E-state index < -0.39 is 39.9 Å². The Bertz CT molecular complexity index is 1070. The second-order valence-electron chi connectivity index (χ2n) is 8.04. The molecule has 1 aromatic carbocycles. The molecule has 0 radical (unpaired) electrons. The van der Waals surface area contributed by atoms with Gasteiger partial charge < -0.3 is 23.5 Å². The van der Waals surface area contributed by atoms with E-state index in [0.29, 0.717) is 17.6 Å². The lowest BCUT2D eigenvalue weighted by molar-refractivity contribution is -0.127. The summed E-state index contributed by atoms with van der Waals surface area (Å²) in [5.74, 6) is -1.12. The lowest BCUT2D eigenvalue weighted by Gasteiger charge is -2.20. The smallest absolute Gasteiger partial charge is 0.496 e. The molecule has 1 atom stereocenters. The van der Waals surface area contributed by atoms with Gasteiger partial charge >= 0.3 is 15.6 Å². The minimum atomic E-state index is -6.06. The second kappa shape index (κ2) is 15.3. The van der Waals surface area contributed by atoms with Crippen molar-refractivity contribution in [3.05, 3.63) is 59.1 Å². The number of carbonyl (C=O) groups excluding carboxylic acids is 1. The summed E-state index contributed by atoms with van der Waals surface area (Å²) >= 11 is 0. The molecule has 0 aliphatic rings. The van der Waals surface area contributed by atoms with Crippen molar-refractivity contribution in [2.75, 3.05) is 13.7 Å². The first-order chi connectivity index (χ1) is 17.1. The maximum Gasteiger partial charge on any atom is 0.534 e. The van der Waals surface area contributed by atoms with Crippen LogP contribution in [0, 0.1) is 5.92 Å². The van der Waals surface area contributed by atoms with Crippen molar-refractivity contribution in [1.29, 1.82) is 0 Å². The minimum Gasteiger partial charge on any atom is -0.496 e. The van der Waals surface area contributed by atoms with Gasteiger partial charge in [0.05, 0.1) is 13.2 Å². The van der Waals surface area contributed by atoms with Crippen LogP contribution in [0.5, 0.6) is 11.5 Å². The molecule has 0 fully saturated rings. The van der Waals surface area contributed by atoms with Crippen LogP contribution < -0.4 is 9.47 Å². The summed E-state index contributed by atoms with van der Waals surface area (Å²) < 4.78 is 81.6. The topological polar surface area (TPSA) is 108 Å². The molecule has 1 rings (SSSR count). The molecule has 0 aromatic heterocycles. The highest BCUT2D eigenvalue weighted by atomic mass is 32.2. The number of hydrogen-bond donors (Lipinski definition) is 1. The van der Waals surface area contributed by atoms with Gasteiger partial charge in [0.1, 0.15) is 18.1 Å². The average Bonchev–Trinajstić information content (AvgIpc) is 2.79. The minimum absolute atomic E-state index is 0.00253. The van der Waals surface area contributed by atoms with Crippen molar-refractivity contribution in [3.63, 3.8) is 0 Å². The van der Waals surface area contributed by atoms with Gasteiger partial charge in [-0.3, -0.25) is 4.79 Å². The second-order valence-corrected chi connectivity index (χ2v) is 9.58. The number of rotatable bonds is 13. The van der Waals surface area contributed by atoms with Gasteiger partial charge in [-0.1, -0.05) is 45.9 Å². The van der Waals surface area contributed by atoms with Crippen molar-refractivity contribution in [3.8, 4) is 11.5 Å². The summed E-state index contributed by atoms with van der Waals surface area (Å²) in [6, 6.07) is 4.25. The fourth-order valence-electron chi connectivity index (χ4n) is 2.89. The summed E-state index contributed by atoms with van der Waals surface area (Å²) in [6.45, 7) is 14.0.